The zero-order valence-electron chi connectivity index (χ0n) is 13.6. The molecule has 7 heteroatoms. The third-order valence-electron chi connectivity index (χ3n) is 4.35. The fourth-order valence-corrected chi connectivity index (χ4v) is 3.05. The van der Waals surface area contributed by atoms with Gasteiger partial charge in [0.05, 0.1) is 5.92 Å². The van der Waals surface area contributed by atoms with Crippen LogP contribution in [0.3, 0.4) is 0 Å². The first-order chi connectivity index (χ1) is 12.3. The Kier molecular flexibility index (Phi) is 4.20. The number of carbonyl (C=O) groups is 1. The van der Waals surface area contributed by atoms with Crippen molar-refractivity contribution in [3.63, 3.8) is 0 Å². The van der Waals surface area contributed by atoms with E-state index in [9.17, 15) is 4.79 Å². The van der Waals surface area contributed by atoms with E-state index in [0.29, 0.717) is 23.8 Å². The predicted molar refractivity (Wildman–Crippen MR) is 89.6 cm³/mol. The number of likely N-dealkylation sites (tertiary alicyclic amines) is 1. The standard InChI is InChI=1S/C18H17N5O2/c24-18(13-5-8-19-9-6-13)23-10-2-4-15(12-23)17-21-16(22-25-17)14-3-1-7-20-11-14/h1,3,5-9,11,15H,2,4,10,12H2. The van der Waals surface area contributed by atoms with Crippen molar-refractivity contribution < 1.29 is 9.32 Å². The van der Waals surface area contributed by atoms with Crippen LogP contribution < -0.4 is 0 Å². The zero-order valence-corrected chi connectivity index (χ0v) is 13.6. The van der Waals surface area contributed by atoms with Crippen LogP contribution in [0.1, 0.15) is 35.0 Å². The van der Waals surface area contributed by atoms with Gasteiger partial charge in [-0.1, -0.05) is 5.16 Å². The van der Waals surface area contributed by atoms with Gasteiger partial charge in [-0.05, 0) is 37.1 Å². The highest BCUT2D eigenvalue weighted by molar-refractivity contribution is 5.94. The molecule has 1 unspecified atom stereocenters. The molecule has 3 aromatic rings. The van der Waals surface area contributed by atoms with Gasteiger partial charge in [-0.2, -0.15) is 4.98 Å². The molecule has 1 amide bonds. The Morgan fingerprint density at radius 1 is 1.16 bits per heavy atom. The van der Waals surface area contributed by atoms with Crippen LogP contribution in [0.25, 0.3) is 11.4 Å². The van der Waals surface area contributed by atoms with Crippen LogP contribution >= 0.6 is 0 Å². The van der Waals surface area contributed by atoms with E-state index in [1.807, 2.05) is 17.0 Å². The molecule has 1 aliphatic rings. The fraction of sp³-hybridized carbons (Fsp3) is 0.278. The van der Waals surface area contributed by atoms with Gasteiger partial charge < -0.3 is 9.42 Å². The summed E-state index contributed by atoms with van der Waals surface area (Å²) in [6, 6.07) is 7.20. The Morgan fingerprint density at radius 2 is 2.04 bits per heavy atom. The lowest BCUT2D eigenvalue weighted by molar-refractivity contribution is 0.0695. The lowest BCUT2D eigenvalue weighted by atomic mass is 9.97. The van der Waals surface area contributed by atoms with Crippen molar-refractivity contribution in [2.24, 2.45) is 0 Å². The molecular formula is C18H17N5O2. The molecule has 0 N–H and O–H groups in total. The number of piperidine rings is 1. The summed E-state index contributed by atoms with van der Waals surface area (Å²) < 4.78 is 5.46. The number of hydrogen-bond donors (Lipinski definition) is 0. The number of nitrogens with zero attached hydrogens (tertiary/aromatic N) is 5. The number of aromatic nitrogens is 4. The van der Waals surface area contributed by atoms with Gasteiger partial charge in [0.15, 0.2) is 0 Å². The third kappa shape index (κ3) is 3.26. The lowest BCUT2D eigenvalue weighted by Gasteiger charge is -2.31. The minimum Gasteiger partial charge on any atom is -0.339 e. The lowest BCUT2D eigenvalue weighted by Crippen LogP contribution is -2.39. The van der Waals surface area contributed by atoms with Crippen LogP contribution in [0.15, 0.2) is 53.6 Å². The highest BCUT2D eigenvalue weighted by Crippen LogP contribution is 2.28. The molecule has 4 rings (SSSR count). The quantitative estimate of drug-likeness (QED) is 0.731. The van der Waals surface area contributed by atoms with E-state index >= 15 is 0 Å². The Morgan fingerprint density at radius 3 is 2.84 bits per heavy atom. The summed E-state index contributed by atoms with van der Waals surface area (Å²) in [5, 5.41) is 4.05. The Hall–Kier alpha value is -3.09. The summed E-state index contributed by atoms with van der Waals surface area (Å²) in [6.45, 7) is 1.32. The monoisotopic (exact) mass is 335 g/mol. The average molecular weight is 335 g/mol. The minimum absolute atomic E-state index is 0.0131. The summed E-state index contributed by atoms with van der Waals surface area (Å²) in [7, 11) is 0. The van der Waals surface area contributed by atoms with Gasteiger partial charge in [0.1, 0.15) is 0 Å². The zero-order chi connectivity index (χ0) is 17.1. The molecule has 1 saturated heterocycles. The maximum Gasteiger partial charge on any atom is 0.253 e. The Balaban J connectivity index is 1.50. The smallest absolute Gasteiger partial charge is 0.253 e. The van der Waals surface area contributed by atoms with Gasteiger partial charge in [0.2, 0.25) is 11.7 Å². The van der Waals surface area contributed by atoms with Gasteiger partial charge in [-0.3, -0.25) is 14.8 Å². The summed E-state index contributed by atoms with van der Waals surface area (Å²) in [5.74, 6) is 1.17. The van der Waals surface area contributed by atoms with Crippen LogP contribution in [0.4, 0.5) is 0 Å². The highest BCUT2D eigenvalue weighted by Gasteiger charge is 2.29. The normalized spacial score (nSPS) is 17.4. The van der Waals surface area contributed by atoms with Crippen molar-refractivity contribution in [3.8, 4) is 11.4 Å². The van der Waals surface area contributed by atoms with Crippen LogP contribution in [0.5, 0.6) is 0 Å². The SMILES string of the molecule is O=C(c1ccncc1)N1CCCC(c2nc(-c3cccnc3)no2)C1. The molecule has 0 bridgehead atoms. The van der Waals surface area contributed by atoms with Crippen LogP contribution in [0.2, 0.25) is 0 Å². The van der Waals surface area contributed by atoms with E-state index in [-0.39, 0.29) is 11.8 Å². The number of hydrogen-bond acceptors (Lipinski definition) is 6. The molecule has 1 atom stereocenters. The van der Waals surface area contributed by atoms with Crippen molar-refractivity contribution >= 4 is 5.91 Å². The van der Waals surface area contributed by atoms with E-state index in [4.69, 9.17) is 4.52 Å². The second-order valence-electron chi connectivity index (χ2n) is 6.02. The highest BCUT2D eigenvalue weighted by atomic mass is 16.5. The summed E-state index contributed by atoms with van der Waals surface area (Å²) in [6.07, 6.45) is 8.50. The van der Waals surface area contributed by atoms with E-state index in [1.165, 1.54) is 0 Å². The average Bonchev–Trinajstić information content (AvgIpc) is 3.19. The molecule has 1 aliphatic heterocycles. The maximum absolute atomic E-state index is 12.6. The number of rotatable bonds is 3. The summed E-state index contributed by atoms with van der Waals surface area (Å²) in [5.41, 5.74) is 1.47. The van der Waals surface area contributed by atoms with Crippen LogP contribution in [-0.4, -0.2) is 44.0 Å². The largest absolute Gasteiger partial charge is 0.339 e. The molecule has 25 heavy (non-hydrogen) atoms. The van der Waals surface area contributed by atoms with Gasteiger partial charge in [0.25, 0.3) is 5.91 Å². The molecule has 3 aromatic heterocycles. The van der Waals surface area contributed by atoms with Crippen molar-refractivity contribution in [3.05, 3.63) is 60.5 Å². The second kappa shape index (κ2) is 6.80. The van der Waals surface area contributed by atoms with Crippen molar-refractivity contribution in [2.45, 2.75) is 18.8 Å². The first-order valence-corrected chi connectivity index (χ1v) is 8.24. The van der Waals surface area contributed by atoms with E-state index in [0.717, 1.165) is 24.9 Å². The molecule has 0 spiro atoms. The summed E-state index contributed by atoms with van der Waals surface area (Å²) in [4.78, 5) is 27.0. The van der Waals surface area contributed by atoms with Gasteiger partial charge in [-0.25, -0.2) is 0 Å². The van der Waals surface area contributed by atoms with E-state index in [1.54, 1.807) is 36.9 Å². The molecule has 7 nitrogen and oxygen atoms in total. The van der Waals surface area contributed by atoms with Crippen molar-refractivity contribution in [2.75, 3.05) is 13.1 Å². The van der Waals surface area contributed by atoms with Crippen molar-refractivity contribution in [1.82, 2.24) is 25.0 Å². The van der Waals surface area contributed by atoms with Crippen molar-refractivity contribution in [1.29, 1.82) is 0 Å². The first-order valence-electron chi connectivity index (χ1n) is 8.24. The van der Waals surface area contributed by atoms with E-state index < -0.39 is 0 Å². The van der Waals surface area contributed by atoms with Gasteiger partial charge in [-0.15, -0.1) is 0 Å². The molecule has 0 aliphatic carbocycles. The minimum atomic E-state index is 0.0131. The Bertz CT molecular complexity index is 850. The fourth-order valence-electron chi connectivity index (χ4n) is 3.05. The Labute approximate surface area is 144 Å². The first kappa shape index (κ1) is 15.4. The predicted octanol–water partition coefficient (Wildman–Crippen LogP) is 2.55. The molecule has 126 valence electrons. The summed E-state index contributed by atoms with van der Waals surface area (Å²) >= 11 is 0. The maximum atomic E-state index is 12.6. The third-order valence-corrected chi connectivity index (χ3v) is 4.35. The van der Waals surface area contributed by atoms with Crippen LogP contribution in [0, 0.1) is 0 Å². The molecule has 0 saturated carbocycles. The number of pyridine rings is 2. The molecular weight excluding hydrogens is 318 g/mol. The molecule has 1 fully saturated rings. The van der Waals surface area contributed by atoms with E-state index in [2.05, 4.69) is 20.1 Å². The second-order valence-corrected chi connectivity index (χ2v) is 6.02. The molecule has 4 heterocycles. The van der Waals surface area contributed by atoms with Crippen LogP contribution in [-0.2, 0) is 0 Å². The number of amides is 1. The van der Waals surface area contributed by atoms with Gasteiger partial charge >= 0.3 is 0 Å². The molecule has 0 aromatic carbocycles. The molecule has 0 radical (unpaired) electrons. The topological polar surface area (TPSA) is 85.0 Å². The number of carbonyl (C=O) groups excluding carboxylic acids is 1. The van der Waals surface area contributed by atoms with Gasteiger partial charge in [0, 0.05) is 49.0 Å².